The lowest BCUT2D eigenvalue weighted by molar-refractivity contribution is -0.128. The van der Waals surface area contributed by atoms with Crippen LogP contribution in [-0.2, 0) is 16.1 Å². The van der Waals surface area contributed by atoms with Gasteiger partial charge in [0.15, 0.2) is 0 Å². The van der Waals surface area contributed by atoms with Crippen molar-refractivity contribution in [2.45, 2.75) is 31.2 Å². The van der Waals surface area contributed by atoms with Crippen LogP contribution < -0.4 is 10.1 Å². The van der Waals surface area contributed by atoms with Gasteiger partial charge in [-0.25, -0.2) is 8.78 Å². The lowest BCUT2D eigenvalue weighted by atomic mass is 9.96. The van der Waals surface area contributed by atoms with E-state index in [1.807, 2.05) is 0 Å². The molecule has 1 atom stereocenters. The van der Waals surface area contributed by atoms with Crippen molar-refractivity contribution in [2.24, 2.45) is 0 Å². The topological polar surface area (TPSA) is 101 Å². The molecule has 2 aliphatic heterocycles. The number of methoxy groups -OCH3 is 1. The van der Waals surface area contributed by atoms with E-state index in [9.17, 15) is 23.2 Å². The third kappa shape index (κ3) is 5.37. The van der Waals surface area contributed by atoms with Crippen LogP contribution >= 0.6 is 0 Å². The number of likely N-dealkylation sites (tertiary alicyclic amines) is 1. The van der Waals surface area contributed by atoms with E-state index >= 15 is 0 Å². The molecule has 40 heavy (non-hydrogen) atoms. The van der Waals surface area contributed by atoms with Gasteiger partial charge < -0.3 is 19.7 Å². The monoisotopic (exact) mass is 550 g/mol. The predicted molar refractivity (Wildman–Crippen MR) is 139 cm³/mol. The van der Waals surface area contributed by atoms with Crippen LogP contribution in [0.2, 0.25) is 0 Å². The van der Waals surface area contributed by atoms with Gasteiger partial charge in [0.1, 0.15) is 29.2 Å². The zero-order valence-corrected chi connectivity index (χ0v) is 21.8. The zero-order chi connectivity index (χ0) is 28.3. The molecule has 9 nitrogen and oxygen atoms in total. The molecule has 1 N–H and O–H groups in total. The van der Waals surface area contributed by atoms with Crippen LogP contribution in [0.5, 0.6) is 5.75 Å². The summed E-state index contributed by atoms with van der Waals surface area (Å²) >= 11 is 0. The number of rotatable bonds is 6. The van der Waals surface area contributed by atoms with Crippen LogP contribution in [0, 0.1) is 11.6 Å². The van der Waals surface area contributed by atoms with E-state index < -0.39 is 35.2 Å². The molecule has 11 heteroatoms. The Labute approximate surface area is 229 Å². The van der Waals surface area contributed by atoms with Crippen molar-refractivity contribution in [1.29, 1.82) is 0 Å². The van der Waals surface area contributed by atoms with Gasteiger partial charge in [-0.3, -0.25) is 24.3 Å². The molecule has 0 radical (unpaired) electrons. The molecule has 0 saturated carbocycles. The summed E-state index contributed by atoms with van der Waals surface area (Å²) in [6.45, 7) is 0.520. The summed E-state index contributed by atoms with van der Waals surface area (Å²) in [6.07, 6.45) is 3.66. The standard InChI is InChI=1S/C29H28F2N4O5/c1-39-22-5-2-20(3-6-22)27(37)35-25(26(36)33-17-19-8-12-32-13-9-19)18-40-29(35)10-14-34(15-11-29)28(38)23-7-4-21(30)16-24(23)31/h2-9,12-13,16,25H,10-11,14-15,17-18H2,1H3,(H,33,36). The minimum Gasteiger partial charge on any atom is -0.497 e. The van der Waals surface area contributed by atoms with Crippen LogP contribution in [0.1, 0.15) is 39.1 Å². The van der Waals surface area contributed by atoms with E-state index in [1.54, 1.807) is 48.8 Å². The molecule has 3 amide bonds. The molecule has 5 rings (SSSR count). The molecular formula is C29H28F2N4O5. The van der Waals surface area contributed by atoms with E-state index in [0.29, 0.717) is 17.4 Å². The number of nitrogens with one attached hydrogen (secondary N) is 1. The normalized spacial score (nSPS) is 18.0. The van der Waals surface area contributed by atoms with Gasteiger partial charge in [-0.15, -0.1) is 0 Å². The number of hydrogen-bond acceptors (Lipinski definition) is 6. The Morgan fingerprint density at radius 3 is 2.38 bits per heavy atom. The summed E-state index contributed by atoms with van der Waals surface area (Å²) < 4.78 is 39.0. The van der Waals surface area contributed by atoms with Gasteiger partial charge in [-0.05, 0) is 54.1 Å². The first kappa shape index (κ1) is 27.2. The van der Waals surface area contributed by atoms with E-state index in [0.717, 1.165) is 17.7 Å². The van der Waals surface area contributed by atoms with Gasteiger partial charge >= 0.3 is 0 Å². The maximum atomic E-state index is 14.3. The summed E-state index contributed by atoms with van der Waals surface area (Å²) in [5.41, 5.74) is -0.174. The van der Waals surface area contributed by atoms with Crippen molar-refractivity contribution < 1.29 is 32.6 Å². The van der Waals surface area contributed by atoms with Crippen LogP contribution in [0.25, 0.3) is 0 Å². The van der Waals surface area contributed by atoms with Crippen molar-refractivity contribution in [1.82, 2.24) is 20.1 Å². The van der Waals surface area contributed by atoms with Crippen molar-refractivity contribution >= 4 is 17.7 Å². The third-order valence-electron chi connectivity index (χ3n) is 7.33. The second kappa shape index (κ2) is 11.4. The van der Waals surface area contributed by atoms with Gasteiger partial charge in [0.25, 0.3) is 11.8 Å². The Balaban J connectivity index is 1.37. The molecular weight excluding hydrogens is 522 g/mol. The fraction of sp³-hybridized carbons (Fsp3) is 0.310. The minimum absolute atomic E-state index is 0.0232. The second-order valence-corrected chi connectivity index (χ2v) is 9.67. The fourth-order valence-corrected chi connectivity index (χ4v) is 5.14. The number of carbonyl (C=O) groups excluding carboxylic acids is 3. The fourth-order valence-electron chi connectivity index (χ4n) is 5.14. The summed E-state index contributed by atoms with van der Waals surface area (Å²) in [5.74, 6) is -2.48. The predicted octanol–water partition coefficient (Wildman–Crippen LogP) is 3.16. The SMILES string of the molecule is COc1ccc(C(=O)N2C(C(=O)NCc3ccncc3)COC23CCN(C(=O)c2ccc(F)cc2F)CC3)cc1. The lowest BCUT2D eigenvalue weighted by Gasteiger charge is -2.44. The first-order chi connectivity index (χ1) is 19.3. The average molecular weight is 551 g/mol. The molecule has 3 aromatic rings. The summed E-state index contributed by atoms with van der Waals surface area (Å²) in [6, 6.07) is 12.0. The number of halogens is 2. The number of amides is 3. The highest BCUT2D eigenvalue weighted by Crippen LogP contribution is 2.39. The molecule has 208 valence electrons. The number of ether oxygens (including phenoxy) is 2. The van der Waals surface area contributed by atoms with Crippen LogP contribution in [0.15, 0.2) is 67.0 Å². The molecule has 2 aliphatic rings. The van der Waals surface area contributed by atoms with Crippen LogP contribution in [0.3, 0.4) is 0 Å². The van der Waals surface area contributed by atoms with Crippen LogP contribution in [0.4, 0.5) is 8.78 Å². The molecule has 1 unspecified atom stereocenters. The first-order valence-electron chi connectivity index (χ1n) is 12.8. The highest BCUT2D eigenvalue weighted by atomic mass is 19.1. The second-order valence-electron chi connectivity index (χ2n) is 9.67. The molecule has 3 heterocycles. The Hall–Kier alpha value is -4.38. The maximum Gasteiger partial charge on any atom is 0.256 e. The quantitative estimate of drug-likeness (QED) is 0.506. The highest BCUT2D eigenvalue weighted by Gasteiger charge is 2.54. The Bertz CT molecular complexity index is 1400. The minimum atomic E-state index is -1.15. The lowest BCUT2D eigenvalue weighted by Crippen LogP contribution is -2.59. The summed E-state index contributed by atoms with van der Waals surface area (Å²) in [7, 11) is 1.52. The molecule has 1 spiro atoms. The molecule has 0 bridgehead atoms. The number of pyridine rings is 1. The van der Waals surface area contributed by atoms with Gasteiger partial charge in [0.05, 0.1) is 19.3 Å². The van der Waals surface area contributed by atoms with Crippen molar-refractivity contribution in [3.05, 3.63) is 95.3 Å². The largest absolute Gasteiger partial charge is 0.497 e. The van der Waals surface area contributed by atoms with Gasteiger partial charge in [-0.1, -0.05) is 0 Å². The maximum absolute atomic E-state index is 14.3. The van der Waals surface area contributed by atoms with E-state index in [-0.39, 0.29) is 50.6 Å². The van der Waals surface area contributed by atoms with Crippen molar-refractivity contribution in [2.75, 3.05) is 26.8 Å². The Kier molecular flexibility index (Phi) is 7.74. The number of hydrogen-bond donors (Lipinski definition) is 1. The van der Waals surface area contributed by atoms with Crippen molar-refractivity contribution in [3.63, 3.8) is 0 Å². The number of aromatic nitrogens is 1. The molecule has 0 aliphatic carbocycles. The average Bonchev–Trinajstić information content (AvgIpc) is 3.34. The smallest absolute Gasteiger partial charge is 0.256 e. The van der Waals surface area contributed by atoms with E-state index in [2.05, 4.69) is 10.3 Å². The summed E-state index contributed by atoms with van der Waals surface area (Å²) in [5, 5.41) is 2.88. The summed E-state index contributed by atoms with van der Waals surface area (Å²) in [4.78, 5) is 47.1. The Morgan fingerprint density at radius 2 is 1.73 bits per heavy atom. The number of piperidine rings is 1. The van der Waals surface area contributed by atoms with Gasteiger partial charge in [0.2, 0.25) is 5.91 Å². The van der Waals surface area contributed by atoms with Crippen LogP contribution in [-0.4, -0.2) is 71.1 Å². The highest BCUT2D eigenvalue weighted by molar-refractivity contribution is 5.99. The zero-order valence-electron chi connectivity index (χ0n) is 21.8. The van der Waals surface area contributed by atoms with E-state index in [4.69, 9.17) is 9.47 Å². The molecule has 2 saturated heterocycles. The first-order valence-corrected chi connectivity index (χ1v) is 12.8. The molecule has 2 aromatic carbocycles. The van der Waals surface area contributed by atoms with Crippen molar-refractivity contribution in [3.8, 4) is 5.75 Å². The van der Waals surface area contributed by atoms with Gasteiger partial charge in [0, 0.05) is 56.5 Å². The van der Waals surface area contributed by atoms with E-state index in [1.165, 1.54) is 16.9 Å². The third-order valence-corrected chi connectivity index (χ3v) is 7.33. The number of nitrogens with zero attached hydrogens (tertiary/aromatic N) is 3. The molecule has 1 aromatic heterocycles. The van der Waals surface area contributed by atoms with Gasteiger partial charge in [-0.2, -0.15) is 0 Å². The Morgan fingerprint density at radius 1 is 1.02 bits per heavy atom. The number of benzene rings is 2. The number of carbonyl (C=O) groups is 3. The molecule has 2 fully saturated rings.